The van der Waals surface area contributed by atoms with Crippen LogP contribution in [0.5, 0.6) is 0 Å². The molecule has 0 aliphatic rings. The number of fused-ring (bicyclic) bond motifs is 1. The van der Waals surface area contributed by atoms with E-state index < -0.39 is 23.0 Å². The largest absolute Gasteiger partial charge is 0.348 e. The molecule has 33 heavy (non-hydrogen) atoms. The topological polar surface area (TPSA) is 95.4 Å². The first-order valence-corrected chi connectivity index (χ1v) is 11.3. The number of carbonyl (C=O) groups is 1. The lowest BCUT2D eigenvalue weighted by atomic mass is 10.1. The lowest BCUT2D eigenvalue weighted by molar-refractivity contribution is 0.0951. The monoisotopic (exact) mass is 504 g/mol. The minimum absolute atomic E-state index is 0.0158. The van der Waals surface area contributed by atoms with E-state index in [0.717, 1.165) is 10.4 Å². The van der Waals surface area contributed by atoms with Gasteiger partial charge in [-0.25, -0.2) is 12.9 Å². The number of anilines is 2. The summed E-state index contributed by atoms with van der Waals surface area (Å²) < 4.78 is 36.9. The highest BCUT2D eigenvalue weighted by atomic mass is 35.5. The maximum Gasteiger partial charge on any atom is 0.266 e. The number of nitrogens with zero attached hydrogens (tertiary/aromatic N) is 3. The summed E-state index contributed by atoms with van der Waals surface area (Å²) in [6.45, 7) is 0.0158. The maximum atomic E-state index is 13.3. The molecule has 0 fully saturated rings. The van der Waals surface area contributed by atoms with E-state index in [0.29, 0.717) is 16.6 Å². The number of rotatable bonds is 6. The molecule has 7 nitrogen and oxygen atoms in total. The normalized spacial score (nSPS) is 11.9. The Hall–Kier alpha value is -3.11. The second-order valence-corrected chi connectivity index (χ2v) is 8.48. The average Bonchev–Trinajstić information content (AvgIpc) is 2.78. The molecule has 1 aromatic heterocycles. The molecular weight excluding hydrogens is 490 g/mol. The number of hydrogen-bond acceptors (Lipinski definition) is 4. The Balaban J connectivity index is 1.74. The fourth-order valence-corrected chi connectivity index (χ4v) is 4.28. The van der Waals surface area contributed by atoms with Crippen LogP contribution in [0.1, 0.15) is 15.9 Å². The molecule has 0 saturated carbocycles. The van der Waals surface area contributed by atoms with E-state index in [2.05, 4.69) is 15.3 Å². The number of halogens is 3. The van der Waals surface area contributed by atoms with Gasteiger partial charge < -0.3 is 5.32 Å². The van der Waals surface area contributed by atoms with Gasteiger partial charge in [0.15, 0.2) is 0 Å². The molecule has 0 aliphatic heterocycles. The molecule has 1 unspecified atom stereocenters. The van der Waals surface area contributed by atoms with Crippen molar-refractivity contribution in [2.24, 2.45) is 0 Å². The maximum absolute atomic E-state index is 13.3. The highest BCUT2D eigenvalue weighted by Crippen LogP contribution is 2.35. The third-order valence-electron chi connectivity index (χ3n) is 4.73. The standard InChI is InChI=1S/C22H15Cl2FN4O3S/c23-14-5-7-16(22(30)28-12-13-4-6-15(25)11-17(13)24)20(10-14)29(33(31)32)19-3-1-2-18-21(19)27-9-8-26-18/h1-11H,12H2,(H,28,30)(H,31,32). The van der Waals surface area contributed by atoms with Gasteiger partial charge in [-0.3, -0.25) is 19.3 Å². The first-order chi connectivity index (χ1) is 15.8. The molecular formula is C22H15Cl2FN4O3S. The Morgan fingerprint density at radius 3 is 2.61 bits per heavy atom. The van der Waals surface area contributed by atoms with Gasteiger partial charge in [-0.1, -0.05) is 35.3 Å². The predicted octanol–water partition coefficient (Wildman–Crippen LogP) is 5.28. The van der Waals surface area contributed by atoms with Crippen molar-refractivity contribution in [3.05, 3.63) is 94.0 Å². The molecule has 3 aromatic carbocycles. The third kappa shape index (κ3) is 4.96. The summed E-state index contributed by atoms with van der Waals surface area (Å²) in [4.78, 5) is 21.5. The minimum Gasteiger partial charge on any atom is -0.348 e. The zero-order valence-corrected chi connectivity index (χ0v) is 19.0. The van der Waals surface area contributed by atoms with Crippen LogP contribution in [0.15, 0.2) is 67.0 Å². The highest BCUT2D eigenvalue weighted by Gasteiger charge is 2.25. The van der Waals surface area contributed by atoms with Crippen molar-refractivity contribution < 1.29 is 17.9 Å². The van der Waals surface area contributed by atoms with Crippen LogP contribution in [0.4, 0.5) is 15.8 Å². The first kappa shape index (κ1) is 23.1. The number of benzene rings is 3. The van der Waals surface area contributed by atoms with Crippen LogP contribution >= 0.6 is 23.2 Å². The van der Waals surface area contributed by atoms with Gasteiger partial charge in [-0.15, -0.1) is 0 Å². The SMILES string of the molecule is O=C(NCc1ccc(F)cc1Cl)c1ccc(Cl)cc1N(c1cccc2nccnc12)S(=O)O. The van der Waals surface area contributed by atoms with E-state index in [4.69, 9.17) is 23.2 Å². The fraction of sp³-hybridized carbons (Fsp3) is 0.0455. The van der Waals surface area contributed by atoms with Crippen molar-refractivity contribution in [3.63, 3.8) is 0 Å². The molecule has 0 bridgehead atoms. The molecule has 0 spiro atoms. The van der Waals surface area contributed by atoms with Gasteiger partial charge in [-0.2, -0.15) is 0 Å². The summed E-state index contributed by atoms with van der Waals surface area (Å²) in [5, 5.41) is 3.11. The quantitative estimate of drug-likeness (QED) is 0.348. The number of hydrogen-bond donors (Lipinski definition) is 2. The Morgan fingerprint density at radius 2 is 1.85 bits per heavy atom. The fourth-order valence-electron chi connectivity index (χ4n) is 3.24. The first-order valence-electron chi connectivity index (χ1n) is 9.47. The third-order valence-corrected chi connectivity index (χ3v) is 6.02. The van der Waals surface area contributed by atoms with Gasteiger partial charge in [0.05, 0.1) is 22.5 Å². The number of para-hydroxylation sites is 1. The number of carbonyl (C=O) groups excluding carboxylic acids is 1. The van der Waals surface area contributed by atoms with Crippen molar-refractivity contribution in [1.29, 1.82) is 0 Å². The molecule has 1 atom stereocenters. The molecule has 168 valence electrons. The lowest BCUT2D eigenvalue weighted by Crippen LogP contribution is -2.27. The molecule has 2 N–H and O–H groups in total. The smallest absolute Gasteiger partial charge is 0.266 e. The highest BCUT2D eigenvalue weighted by molar-refractivity contribution is 7.81. The van der Waals surface area contributed by atoms with Crippen LogP contribution < -0.4 is 9.62 Å². The summed E-state index contributed by atoms with van der Waals surface area (Å²) >= 11 is 9.62. The van der Waals surface area contributed by atoms with E-state index in [9.17, 15) is 17.9 Å². The number of aromatic nitrogens is 2. The predicted molar refractivity (Wildman–Crippen MR) is 126 cm³/mol. The van der Waals surface area contributed by atoms with Crippen LogP contribution in [0.2, 0.25) is 10.0 Å². The zero-order valence-electron chi connectivity index (χ0n) is 16.7. The van der Waals surface area contributed by atoms with Gasteiger partial charge in [0, 0.05) is 29.0 Å². The van der Waals surface area contributed by atoms with E-state index in [-0.39, 0.29) is 33.5 Å². The second kappa shape index (κ2) is 9.80. The molecule has 1 amide bonds. The van der Waals surface area contributed by atoms with Gasteiger partial charge >= 0.3 is 0 Å². The van der Waals surface area contributed by atoms with Gasteiger partial charge in [0.25, 0.3) is 17.2 Å². The summed E-state index contributed by atoms with van der Waals surface area (Å²) in [6, 6.07) is 13.1. The minimum atomic E-state index is -2.58. The molecule has 0 saturated heterocycles. The number of nitrogens with one attached hydrogen (secondary N) is 1. The Morgan fingerprint density at radius 1 is 1.06 bits per heavy atom. The Kier molecular flexibility index (Phi) is 6.85. The zero-order chi connectivity index (χ0) is 23.5. The second-order valence-electron chi connectivity index (χ2n) is 6.81. The molecule has 4 rings (SSSR count). The Labute approximate surface area is 200 Å². The van der Waals surface area contributed by atoms with Crippen LogP contribution in [-0.2, 0) is 17.8 Å². The van der Waals surface area contributed by atoms with Gasteiger partial charge in [0.2, 0.25) is 0 Å². The van der Waals surface area contributed by atoms with Crippen molar-refractivity contribution in [1.82, 2.24) is 15.3 Å². The van der Waals surface area contributed by atoms with Crippen molar-refractivity contribution in [3.8, 4) is 0 Å². The van der Waals surface area contributed by atoms with Crippen molar-refractivity contribution >= 4 is 62.8 Å². The van der Waals surface area contributed by atoms with E-state index in [1.807, 2.05) is 0 Å². The van der Waals surface area contributed by atoms with Gasteiger partial charge in [-0.05, 0) is 48.0 Å². The van der Waals surface area contributed by atoms with Crippen LogP contribution in [0, 0.1) is 5.82 Å². The average molecular weight is 505 g/mol. The van der Waals surface area contributed by atoms with E-state index in [1.165, 1.54) is 42.7 Å². The van der Waals surface area contributed by atoms with Crippen molar-refractivity contribution in [2.45, 2.75) is 6.54 Å². The summed E-state index contributed by atoms with van der Waals surface area (Å²) in [5.41, 5.74) is 1.81. The van der Waals surface area contributed by atoms with Crippen LogP contribution in [0.3, 0.4) is 0 Å². The van der Waals surface area contributed by atoms with E-state index in [1.54, 1.807) is 18.2 Å². The molecule has 11 heteroatoms. The number of amides is 1. The van der Waals surface area contributed by atoms with Gasteiger partial charge in [0.1, 0.15) is 11.3 Å². The molecule has 0 radical (unpaired) electrons. The lowest BCUT2D eigenvalue weighted by Gasteiger charge is -2.23. The van der Waals surface area contributed by atoms with E-state index >= 15 is 0 Å². The molecule has 0 aliphatic carbocycles. The van der Waals surface area contributed by atoms with Crippen LogP contribution in [-0.4, -0.2) is 24.6 Å². The Bertz CT molecular complexity index is 1380. The molecule has 1 heterocycles. The molecule has 4 aromatic rings. The van der Waals surface area contributed by atoms with Crippen LogP contribution in [0.25, 0.3) is 11.0 Å². The summed E-state index contributed by atoms with van der Waals surface area (Å²) in [7, 11) is 0. The summed E-state index contributed by atoms with van der Waals surface area (Å²) in [6.07, 6.45) is 2.97. The summed E-state index contributed by atoms with van der Waals surface area (Å²) in [5.74, 6) is -1.04. The van der Waals surface area contributed by atoms with Crippen molar-refractivity contribution in [2.75, 3.05) is 4.31 Å².